The molecule has 3 aromatic carbocycles. The minimum absolute atomic E-state index is 0.221. The molecule has 0 amide bonds. The van der Waals surface area contributed by atoms with Crippen LogP contribution in [0.1, 0.15) is 36.1 Å². The molecule has 4 rings (SSSR count). The molecule has 1 aliphatic rings. The third-order valence-corrected chi connectivity index (χ3v) is 5.15. The minimum Gasteiger partial charge on any atom is -0.399 e. The van der Waals surface area contributed by atoms with Gasteiger partial charge in [-0.15, -0.1) is 0 Å². The number of nitrogens with two attached hydrogens (primary N) is 2. The van der Waals surface area contributed by atoms with E-state index >= 15 is 0 Å². The Morgan fingerprint density at radius 3 is 1.50 bits per heavy atom. The summed E-state index contributed by atoms with van der Waals surface area (Å²) in [6.07, 6.45) is 2.05. The maximum absolute atomic E-state index is 13.5. The van der Waals surface area contributed by atoms with E-state index < -0.39 is 0 Å². The van der Waals surface area contributed by atoms with Crippen LogP contribution in [0.25, 0.3) is 0 Å². The van der Waals surface area contributed by atoms with Crippen LogP contribution in [-0.4, -0.2) is 0 Å². The van der Waals surface area contributed by atoms with Crippen LogP contribution in [0.15, 0.2) is 72.8 Å². The molecule has 0 spiro atoms. The Bertz CT molecular complexity index is 819. The number of rotatable bonds is 3. The topological polar surface area (TPSA) is 55.3 Å². The summed E-state index contributed by atoms with van der Waals surface area (Å²) in [5, 5.41) is 0. The summed E-state index contributed by atoms with van der Waals surface area (Å²) < 4.78 is 13.5. The molecule has 132 valence electrons. The Morgan fingerprint density at radius 1 is 0.654 bits per heavy atom. The van der Waals surface area contributed by atoms with Crippen LogP contribution in [-0.2, 0) is 0 Å². The van der Waals surface area contributed by atoms with Gasteiger partial charge in [0.25, 0.3) is 0 Å². The monoisotopic (exact) mass is 347 g/mol. The van der Waals surface area contributed by atoms with Crippen molar-refractivity contribution in [2.45, 2.75) is 24.9 Å². The van der Waals surface area contributed by atoms with Crippen molar-refractivity contribution >= 4 is 17.1 Å². The standard InChI is InChI=1S/C22H22FN3/c23-17-5-11-20(12-6-17)26-21(15-1-7-18(24)8-2-15)13-14-22(26)16-3-9-19(25)10-4-16/h1-12,21-22H,13-14,24-25H2. The summed E-state index contributed by atoms with van der Waals surface area (Å²) in [5.74, 6) is -0.221. The summed E-state index contributed by atoms with van der Waals surface area (Å²) in [5.41, 5.74) is 16.7. The molecule has 1 aliphatic heterocycles. The zero-order valence-corrected chi connectivity index (χ0v) is 14.5. The predicted molar refractivity (Wildman–Crippen MR) is 105 cm³/mol. The largest absolute Gasteiger partial charge is 0.399 e. The van der Waals surface area contributed by atoms with Gasteiger partial charge in [-0.05, 0) is 72.5 Å². The van der Waals surface area contributed by atoms with Crippen molar-refractivity contribution in [1.82, 2.24) is 0 Å². The normalized spacial score (nSPS) is 19.7. The van der Waals surface area contributed by atoms with Crippen molar-refractivity contribution in [3.63, 3.8) is 0 Å². The Kier molecular flexibility index (Phi) is 4.25. The average molecular weight is 347 g/mol. The summed E-state index contributed by atoms with van der Waals surface area (Å²) in [7, 11) is 0. The summed E-state index contributed by atoms with van der Waals surface area (Å²) in [6.45, 7) is 0. The first kappa shape index (κ1) is 16.5. The maximum atomic E-state index is 13.5. The molecule has 1 heterocycles. The number of hydrogen-bond donors (Lipinski definition) is 2. The molecular weight excluding hydrogens is 325 g/mol. The van der Waals surface area contributed by atoms with E-state index in [1.807, 2.05) is 36.4 Å². The fraction of sp³-hybridized carbons (Fsp3) is 0.182. The Balaban J connectivity index is 1.75. The molecular formula is C22H22FN3. The molecule has 3 aromatic rings. The molecule has 3 nitrogen and oxygen atoms in total. The molecule has 4 heteroatoms. The van der Waals surface area contributed by atoms with Gasteiger partial charge in [0.2, 0.25) is 0 Å². The molecule has 0 radical (unpaired) electrons. The van der Waals surface area contributed by atoms with E-state index in [2.05, 4.69) is 29.2 Å². The lowest BCUT2D eigenvalue weighted by molar-refractivity contribution is 0.625. The lowest BCUT2D eigenvalue weighted by atomic mass is 10.0. The van der Waals surface area contributed by atoms with Crippen LogP contribution in [0.5, 0.6) is 0 Å². The molecule has 0 aromatic heterocycles. The summed E-state index contributed by atoms with van der Waals surface area (Å²) in [4.78, 5) is 2.39. The zero-order chi connectivity index (χ0) is 18.1. The van der Waals surface area contributed by atoms with Crippen molar-refractivity contribution in [1.29, 1.82) is 0 Å². The molecule has 0 aliphatic carbocycles. The number of halogens is 1. The number of benzene rings is 3. The lowest BCUT2D eigenvalue weighted by Crippen LogP contribution is -2.26. The molecule has 26 heavy (non-hydrogen) atoms. The SMILES string of the molecule is Nc1ccc(C2CCC(c3ccc(N)cc3)N2c2ccc(F)cc2)cc1. The molecule has 2 atom stereocenters. The molecule has 2 unspecified atom stereocenters. The van der Waals surface area contributed by atoms with Crippen LogP contribution in [0.2, 0.25) is 0 Å². The van der Waals surface area contributed by atoms with Crippen molar-refractivity contribution in [3.05, 3.63) is 89.7 Å². The fourth-order valence-corrected chi connectivity index (χ4v) is 3.88. The van der Waals surface area contributed by atoms with E-state index in [4.69, 9.17) is 11.5 Å². The van der Waals surface area contributed by atoms with Gasteiger partial charge in [0, 0.05) is 17.1 Å². The third kappa shape index (κ3) is 3.10. The van der Waals surface area contributed by atoms with Gasteiger partial charge in [0.15, 0.2) is 0 Å². The van der Waals surface area contributed by atoms with E-state index in [-0.39, 0.29) is 17.9 Å². The minimum atomic E-state index is -0.221. The number of hydrogen-bond acceptors (Lipinski definition) is 3. The summed E-state index contributed by atoms with van der Waals surface area (Å²) >= 11 is 0. The van der Waals surface area contributed by atoms with E-state index in [0.717, 1.165) is 29.9 Å². The number of nitrogen functional groups attached to an aromatic ring is 2. The van der Waals surface area contributed by atoms with Gasteiger partial charge in [0.1, 0.15) is 5.82 Å². The smallest absolute Gasteiger partial charge is 0.123 e. The number of nitrogens with zero attached hydrogens (tertiary/aromatic N) is 1. The second kappa shape index (κ2) is 6.71. The highest BCUT2D eigenvalue weighted by atomic mass is 19.1. The van der Waals surface area contributed by atoms with Gasteiger partial charge in [-0.2, -0.15) is 0 Å². The first-order chi connectivity index (χ1) is 12.6. The van der Waals surface area contributed by atoms with Crippen LogP contribution >= 0.6 is 0 Å². The van der Waals surface area contributed by atoms with E-state index in [1.54, 1.807) is 0 Å². The molecule has 0 bridgehead atoms. The first-order valence-electron chi connectivity index (χ1n) is 8.86. The lowest BCUT2D eigenvalue weighted by Gasteiger charge is -2.33. The molecule has 1 fully saturated rings. The molecule has 0 saturated carbocycles. The average Bonchev–Trinajstić information content (AvgIpc) is 3.08. The Labute approximate surface area is 153 Å². The first-order valence-corrected chi connectivity index (χ1v) is 8.86. The Morgan fingerprint density at radius 2 is 1.08 bits per heavy atom. The van der Waals surface area contributed by atoms with Crippen LogP contribution < -0.4 is 16.4 Å². The van der Waals surface area contributed by atoms with E-state index in [0.29, 0.717) is 0 Å². The second-order valence-electron chi connectivity index (χ2n) is 6.83. The quantitative estimate of drug-likeness (QED) is 0.650. The number of anilines is 3. The highest BCUT2D eigenvalue weighted by Crippen LogP contribution is 2.47. The fourth-order valence-electron chi connectivity index (χ4n) is 3.88. The van der Waals surface area contributed by atoms with Gasteiger partial charge in [-0.1, -0.05) is 24.3 Å². The van der Waals surface area contributed by atoms with Gasteiger partial charge in [-0.25, -0.2) is 4.39 Å². The van der Waals surface area contributed by atoms with Gasteiger partial charge in [0.05, 0.1) is 12.1 Å². The van der Waals surface area contributed by atoms with Crippen LogP contribution in [0.3, 0.4) is 0 Å². The summed E-state index contributed by atoms with van der Waals surface area (Å²) in [6, 6.07) is 23.3. The van der Waals surface area contributed by atoms with Crippen LogP contribution in [0.4, 0.5) is 21.5 Å². The van der Waals surface area contributed by atoms with Crippen molar-refractivity contribution < 1.29 is 4.39 Å². The maximum Gasteiger partial charge on any atom is 0.123 e. The van der Waals surface area contributed by atoms with Crippen molar-refractivity contribution in [2.24, 2.45) is 0 Å². The molecule has 4 N–H and O–H groups in total. The highest BCUT2D eigenvalue weighted by molar-refractivity contribution is 5.55. The van der Waals surface area contributed by atoms with Crippen molar-refractivity contribution in [2.75, 3.05) is 16.4 Å². The van der Waals surface area contributed by atoms with E-state index in [9.17, 15) is 4.39 Å². The zero-order valence-electron chi connectivity index (χ0n) is 14.5. The van der Waals surface area contributed by atoms with E-state index in [1.165, 1.54) is 23.3 Å². The van der Waals surface area contributed by atoms with Crippen molar-refractivity contribution in [3.8, 4) is 0 Å². The predicted octanol–water partition coefficient (Wildman–Crippen LogP) is 5.07. The van der Waals surface area contributed by atoms with Gasteiger partial charge in [-0.3, -0.25) is 0 Å². The molecule has 1 saturated heterocycles. The van der Waals surface area contributed by atoms with Gasteiger partial charge >= 0.3 is 0 Å². The highest BCUT2D eigenvalue weighted by Gasteiger charge is 2.35. The second-order valence-corrected chi connectivity index (χ2v) is 6.83. The Hall–Kier alpha value is -3.01. The van der Waals surface area contributed by atoms with Gasteiger partial charge < -0.3 is 16.4 Å². The third-order valence-electron chi connectivity index (χ3n) is 5.15. The van der Waals surface area contributed by atoms with Crippen LogP contribution in [0, 0.1) is 5.82 Å².